The number of benzene rings is 3. The van der Waals surface area contributed by atoms with E-state index in [-0.39, 0.29) is 18.9 Å². The molecular weight excluding hydrogens is 364 g/mol. The van der Waals surface area contributed by atoms with Crippen LogP contribution in [0.5, 0.6) is 0 Å². The number of hydrogen-bond donors (Lipinski definition) is 0. The number of ether oxygens (including phenoxy) is 1. The Morgan fingerprint density at radius 2 is 1.68 bits per heavy atom. The number of fused-ring (bicyclic) bond motifs is 2. The van der Waals surface area contributed by atoms with Crippen LogP contribution >= 0.6 is 0 Å². The number of halogens is 2. The fraction of sp³-hybridized carbons (Fsp3) is 0.182. The molecule has 4 nitrogen and oxygen atoms in total. The van der Waals surface area contributed by atoms with Gasteiger partial charge in [-0.25, -0.2) is 13.6 Å². The van der Waals surface area contributed by atoms with Crippen LogP contribution < -0.4 is 0 Å². The quantitative estimate of drug-likeness (QED) is 0.634. The van der Waals surface area contributed by atoms with Crippen molar-refractivity contribution in [3.63, 3.8) is 0 Å². The summed E-state index contributed by atoms with van der Waals surface area (Å²) in [5, 5.41) is 1.66. The Morgan fingerprint density at radius 3 is 2.43 bits per heavy atom. The molecule has 1 unspecified atom stereocenters. The zero-order valence-electron chi connectivity index (χ0n) is 15.1. The number of carbonyl (C=O) groups excluding carboxylic acids is 2. The van der Waals surface area contributed by atoms with Crippen molar-refractivity contribution >= 4 is 22.6 Å². The lowest BCUT2D eigenvalue weighted by atomic mass is 9.92. The normalized spacial score (nSPS) is 16.0. The van der Waals surface area contributed by atoms with Crippen LogP contribution in [0, 0.1) is 11.6 Å². The van der Waals surface area contributed by atoms with Gasteiger partial charge in [0.25, 0.3) is 5.91 Å². The number of nitrogens with zero attached hydrogens (tertiary/aromatic N) is 1. The first-order chi connectivity index (χ1) is 13.5. The molecule has 1 atom stereocenters. The fourth-order valence-corrected chi connectivity index (χ4v) is 3.71. The largest absolute Gasteiger partial charge is 0.467 e. The molecule has 3 aromatic carbocycles. The van der Waals surface area contributed by atoms with E-state index in [4.69, 9.17) is 4.74 Å². The zero-order valence-corrected chi connectivity index (χ0v) is 15.1. The molecule has 0 bridgehead atoms. The van der Waals surface area contributed by atoms with Gasteiger partial charge in [0.1, 0.15) is 6.04 Å². The van der Waals surface area contributed by atoms with Gasteiger partial charge in [-0.1, -0.05) is 36.4 Å². The van der Waals surface area contributed by atoms with Gasteiger partial charge < -0.3 is 9.64 Å². The molecule has 3 aromatic rings. The predicted octanol–water partition coefficient (Wildman–Crippen LogP) is 3.86. The average molecular weight is 381 g/mol. The van der Waals surface area contributed by atoms with Crippen LogP contribution in [0.2, 0.25) is 0 Å². The van der Waals surface area contributed by atoms with E-state index in [0.29, 0.717) is 16.7 Å². The summed E-state index contributed by atoms with van der Waals surface area (Å²) in [7, 11) is 1.24. The molecule has 1 heterocycles. The molecule has 1 amide bonds. The Labute approximate surface area is 160 Å². The fourth-order valence-electron chi connectivity index (χ4n) is 3.71. The van der Waals surface area contributed by atoms with Crippen molar-refractivity contribution in [2.75, 3.05) is 7.11 Å². The Balaban J connectivity index is 1.80. The zero-order chi connectivity index (χ0) is 19.8. The van der Waals surface area contributed by atoms with Crippen molar-refractivity contribution in [3.05, 3.63) is 82.9 Å². The highest BCUT2D eigenvalue weighted by molar-refractivity contribution is 6.08. The van der Waals surface area contributed by atoms with Gasteiger partial charge in [-0.15, -0.1) is 0 Å². The lowest BCUT2D eigenvalue weighted by molar-refractivity contribution is -0.146. The minimum absolute atomic E-state index is 0.00560. The highest BCUT2D eigenvalue weighted by atomic mass is 19.2. The topological polar surface area (TPSA) is 46.6 Å². The molecule has 28 heavy (non-hydrogen) atoms. The third kappa shape index (κ3) is 3.01. The number of carbonyl (C=O) groups is 2. The van der Waals surface area contributed by atoms with Crippen molar-refractivity contribution in [1.82, 2.24) is 4.90 Å². The van der Waals surface area contributed by atoms with Crippen LogP contribution in [0.4, 0.5) is 8.78 Å². The summed E-state index contributed by atoms with van der Waals surface area (Å²) < 4.78 is 32.2. The van der Waals surface area contributed by atoms with E-state index in [0.717, 1.165) is 22.9 Å². The van der Waals surface area contributed by atoms with Crippen molar-refractivity contribution in [2.24, 2.45) is 0 Å². The molecular formula is C22H17F2NO3. The van der Waals surface area contributed by atoms with Crippen LogP contribution in [0.1, 0.15) is 21.5 Å². The molecule has 0 spiro atoms. The molecule has 0 aliphatic carbocycles. The van der Waals surface area contributed by atoms with E-state index in [1.54, 1.807) is 12.1 Å². The third-order valence-corrected chi connectivity index (χ3v) is 5.13. The second kappa shape index (κ2) is 7.03. The molecule has 1 aliphatic heterocycles. The van der Waals surface area contributed by atoms with Crippen molar-refractivity contribution in [2.45, 2.75) is 19.0 Å². The average Bonchev–Trinajstić information content (AvgIpc) is 2.72. The highest BCUT2D eigenvalue weighted by Gasteiger charge is 2.36. The molecule has 0 fully saturated rings. The van der Waals surface area contributed by atoms with E-state index >= 15 is 0 Å². The van der Waals surface area contributed by atoms with Gasteiger partial charge in [0.15, 0.2) is 11.6 Å². The van der Waals surface area contributed by atoms with E-state index in [1.165, 1.54) is 12.0 Å². The van der Waals surface area contributed by atoms with Gasteiger partial charge in [0, 0.05) is 18.5 Å². The summed E-state index contributed by atoms with van der Waals surface area (Å²) in [4.78, 5) is 27.1. The predicted molar refractivity (Wildman–Crippen MR) is 99.7 cm³/mol. The van der Waals surface area contributed by atoms with Gasteiger partial charge >= 0.3 is 5.97 Å². The molecule has 0 saturated heterocycles. The smallest absolute Gasteiger partial charge is 0.328 e. The maximum atomic E-state index is 13.7. The third-order valence-electron chi connectivity index (χ3n) is 5.13. The summed E-state index contributed by atoms with van der Waals surface area (Å²) in [6, 6.07) is 14.1. The molecule has 142 valence electrons. The van der Waals surface area contributed by atoms with Gasteiger partial charge in [0.05, 0.1) is 7.11 Å². The summed E-state index contributed by atoms with van der Waals surface area (Å²) in [5.41, 5.74) is 1.42. The summed E-state index contributed by atoms with van der Waals surface area (Å²) in [6.45, 7) is -0.00560. The van der Waals surface area contributed by atoms with E-state index in [9.17, 15) is 18.4 Å². The summed E-state index contributed by atoms with van der Waals surface area (Å²) in [6.07, 6.45) is 0.0652. The van der Waals surface area contributed by atoms with Crippen molar-refractivity contribution < 1.29 is 23.1 Å². The first kappa shape index (κ1) is 18.1. The Bertz CT molecular complexity index is 1090. The van der Waals surface area contributed by atoms with Crippen molar-refractivity contribution in [3.8, 4) is 0 Å². The van der Waals surface area contributed by atoms with Gasteiger partial charge in [-0.05, 0) is 40.1 Å². The number of rotatable bonds is 2. The second-order valence-corrected chi connectivity index (χ2v) is 6.74. The maximum absolute atomic E-state index is 13.7. The lowest BCUT2D eigenvalue weighted by Gasteiger charge is -2.35. The molecule has 0 radical (unpaired) electrons. The van der Waals surface area contributed by atoms with Crippen molar-refractivity contribution in [1.29, 1.82) is 0 Å². The Morgan fingerprint density at radius 1 is 1.00 bits per heavy atom. The van der Waals surface area contributed by atoms with Crippen LogP contribution in [0.25, 0.3) is 10.8 Å². The minimum Gasteiger partial charge on any atom is -0.467 e. The maximum Gasteiger partial charge on any atom is 0.328 e. The summed E-state index contributed by atoms with van der Waals surface area (Å²) >= 11 is 0. The number of esters is 1. The number of methoxy groups -OCH3 is 1. The SMILES string of the molecule is COC(=O)C1Cc2cc(F)c(F)cc2CN1C(=O)c1cccc2ccccc12. The minimum atomic E-state index is -0.979. The highest BCUT2D eigenvalue weighted by Crippen LogP contribution is 2.29. The van der Waals surface area contributed by atoms with Crippen LogP contribution in [-0.4, -0.2) is 29.9 Å². The van der Waals surface area contributed by atoms with Crippen LogP contribution in [-0.2, 0) is 22.5 Å². The molecule has 1 aliphatic rings. The molecule has 0 aromatic heterocycles. The van der Waals surface area contributed by atoms with Gasteiger partial charge in [-0.2, -0.15) is 0 Å². The van der Waals surface area contributed by atoms with E-state index in [2.05, 4.69) is 0 Å². The molecule has 0 N–H and O–H groups in total. The van der Waals surface area contributed by atoms with E-state index < -0.39 is 23.6 Å². The molecule has 0 saturated carbocycles. The molecule has 4 rings (SSSR count). The first-order valence-corrected chi connectivity index (χ1v) is 8.83. The Kier molecular flexibility index (Phi) is 4.55. The van der Waals surface area contributed by atoms with Gasteiger partial charge in [0.2, 0.25) is 0 Å². The van der Waals surface area contributed by atoms with Crippen LogP contribution in [0.15, 0.2) is 54.6 Å². The monoisotopic (exact) mass is 381 g/mol. The van der Waals surface area contributed by atoms with E-state index in [1.807, 2.05) is 30.3 Å². The molecule has 6 heteroatoms. The standard InChI is InChI=1S/C22H17F2NO3/c1-28-22(27)20-11-14-9-18(23)19(24)10-15(14)12-25(20)21(26)17-8-4-6-13-5-2-3-7-16(13)17/h2-10,20H,11-12H2,1H3. The second-order valence-electron chi connectivity index (χ2n) is 6.74. The summed E-state index contributed by atoms with van der Waals surface area (Å²) in [5.74, 6) is -2.91. The number of hydrogen-bond acceptors (Lipinski definition) is 3. The Hall–Kier alpha value is -3.28. The van der Waals surface area contributed by atoms with Crippen LogP contribution in [0.3, 0.4) is 0 Å². The first-order valence-electron chi connectivity index (χ1n) is 8.83. The van der Waals surface area contributed by atoms with Gasteiger partial charge in [-0.3, -0.25) is 4.79 Å². The lowest BCUT2D eigenvalue weighted by Crippen LogP contribution is -2.49. The number of amides is 1.